The van der Waals surface area contributed by atoms with Crippen LogP contribution in [0.4, 0.5) is 0 Å². The minimum absolute atomic E-state index is 0.558. The van der Waals surface area contributed by atoms with Crippen molar-refractivity contribution in [2.24, 2.45) is 16.9 Å². The van der Waals surface area contributed by atoms with Crippen molar-refractivity contribution in [2.45, 2.75) is 39.7 Å². The number of rotatable bonds is 3. The highest BCUT2D eigenvalue weighted by atomic mass is 32.1. The van der Waals surface area contributed by atoms with Gasteiger partial charge in [-0.2, -0.15) is 5.10 Å². The van der Waals surface area contributed by atoms with Crippen LogP contribution in [0.2, 0.25) is 0 Å². The van der Waals surface area contributed by atoms with Crippen molar-refractivity contribution in [3.05, 3.63) is 35.9 Å². The maximum absolute atomic E-state index is 5.27. The summed E-state index contributed by atoms with van der Waals surface area (Å²) in [5.74, 6) is 1.12. The molecule has 0 aliphatic heterocycles. The van der Waals surface area contributed by atoms with Crippen LogP contribution in [0.1, 0.15) is 38.7 Å². The first-order chi connectivity index (χ1) is 9.66. The largest absolute Gasteiger partial charge is 0.357 e. The Labute approximate surface area is 126 Å². The van der Waals surface area contributed by atoms with E-state index in [1.54, 1.807) is 0 Å². The maximum Gasteiger partial charge on any atom is 0.187 e. The molecule has 1 fully saturated rings. The zero-order chi connectivity index (χ0) is 14.4. The van der Waals surface area contributed by atoms with Gasteiger partial charge in [0, 0.05) is 12.3 Å². The highest BCUT2D eigenvalue weighted by molar-refractivity contribution is 7.80. The second-order valence-electron chi connectivity index (χ2n) is 5.55. The average molecular weight is 289 g/mol. The van der Waals surface area contributed by atoms with E-state index in [2.05, 4.69) is 41.8 Å². The summed E-state index contributed by atoms with van der Waals surface area (Å²) in [6, 6.07) is 10.2. The van der Waals surface area contributed by atoms with Gasteiger partial charge in [-0.1, -0.05) is 50.6 Å². The van der Waals surface area contributed by atoms with Crippen molar-refractivity contribution in [1.82, 2.24) is 10.7 Å². The standard InChI is InChI=1S/C16H23N3S/c1-12-7-6-8-13(2)15(12)18-19-16(20)17-11-14-9-4-3-5-10-14/h3-5,9-10,12-13H,6-8,11H2,1-2H3,(H2,17,19,20)/t12-,13+. The van der Waals surface area contributed by atoms with Crippen molar-refractivity contribution < 1.29 is 0 Å². The Morgan fingerprint density at radius 2 is 1.85 bits per heavy atom. The summed E-state index contributed by atoms with van der Waals surface area (Å²) in [5, 5.41) is 8.29. The van der Waals surface area contributed by atoms with E-state index in [4.69, 9.17) is 12.2 Å². The number of benzene rings is 1. The monoisotopic (exact) mass is 289 g/mol. The third-order valence-electron chi connectivity index (χ3n) is 3.87. The normalized spacial score (nSPS) is 24.4. The predicted octanol–water partition coefficient (Wildman–Crippen LogP) is 3.46. The van der Waals surface area contributed by atoms with Crippen LogP contribution in [-0.2, 0) is 6.54 Å². The van der Waals surface area contributed by atoms with Crippen molar-refractivity contribution in [3.63, 3.8) is 0 Å². The molecular formula is C16H23N3S. The summed E-state index contributed by atoms with van der Waals surface area (Å²) in [4.78, 5) is 0. The molecule has 1 saturated carbocycles. The van der Waals surface area contributed by atoms with Crippen LogP contribution in [0.5, 0.6) is 0 Å². The highest BCUT2D eigenvalue weighted by Gasteiger charge is 2.22. The molecule has 0 aromatic heterocycles. The second kappa shape index (κ2) is 7.39. The van der Waals surface area contributed by atoms with Crippen LogP contribution in [0.25, 0.3) is 0 Å². The third kappa shape index (κ3) is 4.30. The van der Waals surface area contributed by atoms with Crippen molar-refractivity contribution >= 4 is 23.0 Å². The van der Waals surface area contributed by atoms with Gasteiger partial charge in [-0.15, -0.1) is 0 Å². The molecule has 0 unspecified atom stereocenters. The molecule has 0 heterocycles. The minimum atomic E-state index is 0.558. The van der Waals surface area contributed by atoms with Gasteiger partial charge in [0.1, 0.15) is 0 Å². The van der Waals surface area contributed by atoms with Gasteiger partial charge in [0.15, 0.2) is 5.11 Å². The summed E-state index contributed by atoms with van der Waals surface area (Å²) in [6.07, 6.45) is 3.77. The van der Waals surface area contributed by atoms with Gasteiger partial charge in [0.25, 0.3) is 0 Å². The van der Waals surface area contributed by atoms with E-state index in [1.165, 1.54) is 30.5 Å². The molecule has 1 aliphatic carbocycles. The van der Waals surface area contributed by atoms with Crippen LogP contribution in [0.15, 0.2) is 35.4 Å². The van der Waals surface area contributed by atoms with Crippen molar-refractivity contribution in [1.29, 1.82) is 0 Å². The van der Waals surface area contributed by atoms with E-state index in [0.717, 1.165) is 6.54 Å². The number of hydrogen-bond acceptors (Lipinski definition) is 2. The summed E-state index contributed by atoms with van der Waals surface area (Å²) < 4.78 is 0. The fourth-order valence-corrected chi connectivity index (χ4v) is 2.78. The maximum atomic E-state index is 5.27. The number of thiocarbonyl (C=S) groups is 1. The SMILES string of the molecule is C[C@@H]1CCC[C@H](C)C1=NNC(=S)NCc1ccccc1. The zero-order valence-electron chi connectivity index (χ0n) is 12.2. The molecule has 3 nitrogen and oxygen atoms in total. The number of nitrogens with one attached hydrogen (secondary N) is 2. The first-order valence-corrected chi connectivity index (χ1v) is 7.73. The summed E-state index contributed by atoms with van der Waals surface area (Å²) in [6.45, 7) is 5.22. The minimum Gasteiger partial charge on any atom is -0.357 e. The van der Waals surface area contributed by atoms with Crippen LogP contribution >= 0.6 is 12.2 Å². The molecule has 20 heavy (non-hydrogen) atoms. The van der Waals surface area contributed by atoms with Crippen LogP contribution in [0, 0.1) is 11.8 Å². The Bertz CT molecular complexity index is 458. The van der Waals surface area contributed by atoms with Gasteiger partial charge in [-0.3, -0.25) is 5.43 Å². The molecule has 0 saturated heterocycles. The van der Waals surface area contributed by atoms with Gasteiger partial charge in [-0.05, 0) is 42.5 Å². The smallest absolute Gasteiger partial charge is 0.187 e. The lowest BCUT2D eigenvalue weighted by Gasteiger charge is -2.26. The molecule has 0 radical (unpaired) electrons. The molecule has 0 amide bonds. The van der Waals surface area contributed by atoms with E-state index < -0.39 is 0 Å². The number of hydrogen-bond donors (Lipinski definition) is 2. The van der Waals surface area contributed by atoms with Gasteiger partial charge in [0.2, 0.25) is 0 Å². The Hall–Kier alpha value is -1.42. The topological polar surface area (TPSA) is 36.4 Å². The van der Waals surface area contributed by atoms with E-state index in [9.17, 15) is 0 Å². The second-order valence-corrected chi connectivity index (χ2v) is 5.96. The molecule has 1 aromatic rings. The van der Waals surface area contributed by atoms with E-state index in [-0.39, 0.29) is 0 Å². The van der Waals surface area contributed by atoms with Gasteiger partial charge >= 0.3 is 0 Å². The lowest BCUT2D eigenvalue weighted by molar-refractivity contribution is 0.484. The Balaban J connectivity index is 1.82. The molecule has 1 aromatic carbocycles. The zero-order valence-corrected chi connectivity index (χ0v) is 13.0. The molecule has 0 spiro atoms. The Kier molecular flexibility index (Phi) is 5.53. The van der Waals surface area contributed by atoms with Gasteiger partial charge in [0.05, 0.1) is 0 Å². The van der Waals surface area contributed by atoms with Crippen molar-refractivity contribution in [3.8, 4) is 0 Å². The molecule has 4 heteroatoms. The molecule has 2 atom stereocenters. The van der Waals surface area contributed by atoms with Crippen LogP contribution in [-0.4, -0.2) is 10.8 Å². The molecular weight excluding hydrogens is 266 g/mol. The quantitative estimate of drug-likeness (QED) is 0.661. The molecule has 108 valence electrons. The van der Waals surface area contributed by atoms with Crippen molar-refractivity contribution in [2.75, 3.05) is 0 Å². The Morgan fingerprint density at radius 1 is 1.20 bits per heavy atom. The average Bonchev–Trinajstić information content (AvgIpc) is 2.46. The van der Waals surface area contributed by atoms with Gasteiger partial charge < -0.3 is 5.32 Å². The number of hydrazone groups is 1. The predicted molar refractivity (Wildman–Crippen MR) is 88.6 cm³/mol. The molecule has 1 aliphatic rings. The Morgan fingerprint density at radius 3 is 2.50 bits per heavy atom. The highest BCUT2D eigenvalue weighted by Crippen LogP contribution is 2.25. The molecule has 2 N–H and O–H groups in total. The third-order valence-corrected chi connectivity index (χ3v) is 4.10. The fraction of sp³-hybridized carbons (Fsp3) is 0.500. The lowest BCUT2D eigenvalue weighted by atomic mass is 9.81. The summed E-state index contributed by atoms with van der Waals surface area (Å²) in [5.41, 5.74) is 5.45. The first-order valence-electron chi connectivity index (χ1n) is 7.32. The first kappa shape index (κ1) is 15.0. The number of nitrogens with zero attached hydrogens (tertiary/aromatic N) is 1. The van der Waals surface area contributed by atoms with Crippen LogP contribution in [0.3, 0.4) is 0 Å². The lowest BCUT2D eigenvalue weighted by Crippen LogP contribution is -2.34. The fourth-order valence-electron chi connectivity index (χ4n) is 2.67. The van der Waals surface area contributed by atoms with Gasteiger partial charge in [-0.25, -0.2) is 0 Å². The van der Waals surface area contributed by atoms with E-state index in [0.29, 0.717) is 16.9 Å². The summed E-state index contributed by atoms with van der Waals surface area (Å²) in [7, 11) is 0. The van der Waals surface area contributed by atoms with Crippen LogP contribution < -0.4 is 10.7 Å². The van der Waals surface area contributed by atoms with E-state index >= 15 is 0 Å². The summed E-state index contributed by atoms with van der Waals surface area (Å²) >= 11 is 5.27. The molecule has 2 rings (SSSR count). The van der Waals surface area contributed by atoms with E-state index in [1.807, 2.05) is 18.2 Å². The molecule has 0 bridgehead atoms.